The number of benzene rings is 2. The molecule has 0 saturated heterocycles. The van der Waals surface area contributed by atoms with E-state index in [9.17, 15) is 0 Å². The van der Waals surface area contributed by atoms with Crippen LogP contribution in [0.3, 0.4) is 0 Å². The average molecular weight is 292 g/mol. The summed E-state index contributed by atoms with van der Waals surface area (Å²) < 4.78 is 11.2. The third-order valence-corrected chi connectivity index (χ3v) is 3.09. The molecular weight excluding hydrogens is 274 g/mol. The molecule has 4 heteroatoms. The number of hydrogen-bond donors (Lipinski definition) is 1. The van der Waals surface area contributed by atoms with Crippen molar-refractivity contribution in [3.63, 3.8) is 0 Å². The minimum Gasteiger partial charge on any atom is -0.490 e. The Bertz CT molecular complexity index is 546. The van der Waals surface area contributed by atoms with Crippen LogP contribution in [0, 0.1) is 0 Å². The minimum atomic E-state index is 0.449. The van der Waals surface area contributed by atoms with Crippen LogP contribution in [0.15, 0.2) is 48.5 Å². The Morgan fingerprint density at radius 2 is 1.75 bits per heavy atom. The standard InChI is InChI=1S/C16H18ClNO2/c17-15-6-1-2-7-16(15)20-11-10-19-14-5-3-4-13(12-14)8-9-18/h1-7,12H,8-11,18H2. The number of halogens is 1. The van der Waals surface area contributed by atoms with E-state index in [2.05, 4.69) is 0 Å². The van der Waals surface area contributed by atoms with Gasteiger partial charge in [0.1, 0.15) is 24.7 Å². The fraction of sp³-hybridized carbons (Fsp3) is 0.250. The van der Waals surface area contributed by atoms with E-state index in [0.717, 1.165) is 12.2 Å². The van der Waals surface area contributed by atoms with Crippen LogP contribution in [0.5, 0.6) is 11.5 Å². The molecule has 0 aliphatic carbocycles. The molecule has 0 fully saturated rings. The van der Waals surface area contributed by atoms with E-state index in [-0.39, 0.29) is 0 Å². The van der Waals surface area contributed by atoms with Crippen LogP contribution in [-0.2, 0) is 6.42 Å². The first-order valence-corrected chi connectivity index (χ1v) is 6.96. The predicted octanol–water partition coefficient (Wildman–Crippen LogP) is 3.30. The first kappa shape index (κ1) is 14.7. The van der Waals surface area contributed by atoms with Crippen molar-refractivity contribution >= 4 is 11.6 Å². The second kappa shape index (κ2) is 7.78. The summed E-state index contributed by atoms with van der Waals surface area (Å²) in [5.74, 6) is 1.51. The highest BCUT2D eigenvalue weighted by Crippen LogP contribution is 2.23. The zero-order valence-electron chi connectivity index (χ0n) is 11.2. The van der Waals surface area contributed by atoms with Gasteiger partial charge in [-0.25, -0.2) is 0 Å². The van der Waals surface area contributed by atoms with E-state index in [1.54, 1.807) is 6.07 Å². The van der Waals surface area contributed by atoms with Crippen LogP contribution < -0.4 is 15.2 Å². The van der Waals surface area contributed by atoms with Crippen LogP contribution in [0.1, 0.15) is 5.56 Å². The van der Waals surface area contributed by atoms with Gasteiger partial charge in [0.25, 0.3) is 0 Å². The first-order valence-electron chi connectivity index (χ1n) is 6.59. The van der Waals surface area contributed by atoms with E-state index >= 15 is 0 Å². The summed E-state index contributed by atoms with van der Waals surface area (Å²) in [4.78, 5) is 0. The molecule has 2 aromatic rings. The van der Waals surface area contributed by atoms with Crippen LogP contribution in [-0.4, -0.2) is 19.8 Å². The maximum Gasteiger partial charge on any atom is 0.138 e. The second-order valence-electron chi connectivity index (χ2n) is 4.31. The highest BCUT2D eigenvalue weighted by atomic mass is 35.5. The molecule has 0 radical (unpaired) electrons. The smallest absolute Gasteiger partial charge is 0.138 e. The van der Waals surface area contributed by atoms with Crippen molar-refractivity contribution in [1.82, 2.24) is 0 Å². The zero-order chi connectivity index (χ0) is 14.2. The second-order valence-corrected chi connectivity index (χ2v) is 4.72. The number of hydrogen-bond acceptors (Lipinski definition) is 3. The molecule has 0 amide bonds. The Labute approximate surface area is 124 Å². The molecule has 0 aliphatic rings. The molecular formula is C16H18ClNO2. The van der Waals surface area contributed by atoms with Crippen LogP contribution in [0.4, 0.5) is 0 Å². The van der Waals surface area contributed by atoms with Gasteiger partial charge in [0.15, 0.2) is 0 Å². The van der Waals surface area contributed by atoms with E-state index < -0.39 is 0 Å². The lowest BCUT2D eigenvalue weighted by molar-refractivity contribution is 0.217. The SMILES string of the molecule is NCCc1cccc(OCCOc2ccccc2Cl)c1. The number of nitrogens with two attached hydrogens (primary N) is 1. The molecule has 0 aromatic heterocycles. The van der Waals surface area contributed by atoms with E-state index in [0.29, 0.717) is 30.5 Å². The fourth-order valence-electron chi connectivity index (χ4n) is 1.83. The van der Waals surface area contributed by atoms with Crippen LogP contribution >= 0.6 is 11.6 Å². The average Bonchev–Trinajstić information content (AvgIpc) is 2.46. The van der Waals surface area contributed by atoms with Gasteiger partial charge in [0.2, 0.25) is 0 Å². The predicted molar refractivity (Wildman–Crippen MR) is 81.6 cm³/mol. The summed E-state index contributed by atoms with van der Waals surface area (Å²) in [7, 11) is 0. The zero-order valence-corrected chi connectivity index (χ0v) is 12.0. The molecule has 106 valence electrons. The van der Waals surface area contributed by atoms with Crippen molar-refractivity contribution in [3.8, 4) is 11.5 Å². The molecule has 0 spiro atoms. The monoisotopic (exact) mass is 291 g/mol. The Morgan fingerprint density at radius 3 is 2.55 bits per heavy atom. The summed E-state index contributed by atoms with van der Waals surface area (Å²) in [6.07, 6.45) is 0.854. The van der Waals surface area contributed by atoms with Gasteiger partial charge in [0.05, 0.1) is 5.02 Å². The van der Waals surface area contributed by atoms with Crippen LogP contribution in [0.25, 0.3) is 0 Å². The molecule has 0 bridgehead atoms. The third kappa shape index (κ3) is 4.44. The van der Waals surface area contributed by atoms with E-state index in [1.165, 1.54) is 5.56 Å². The van der Waals surface area contributed by atoms with E-state index in [1.807, 2.05) is 42.5 Å². The van der Waals surface area contributed by atoms with Gasteiger partial charge in [-0.15, -0.1) is 0 Å². The van der Waals surface area contributed by atoms with Crippen LogP contribution in [0.2, 0.25) is 5.02 Å². The van der Waals surface area contributed by atoms with Gasteiger partial charge in [0, 0.05) is 0 Å². The van der Waals surface area contributed by atoms with Gasteiger partial charge in [-0.05, 0) is 42.8 Å². The van der Waals surface area contributed by atoms with Gasteiger partial charge in [-0.3, -0.25) is 0 Å². The normalized spacial score (nSPS) is 10.3. The summed E-state index contributed by atoms with van der Waals surface area (Å²) in [6.45, 7) is 1.56. The maximum atomic E-state index is 6.00. The third-order valence-electron chi connectivity index (χ3n) is 2.78. The van der Waals surface area contributed by atoms with Crippen molar-refractivity contribution in [1.29, 1.82) is 0 Å². The number of rotatable bonds is 7. The molecule has 3 nitrogen and oxygen atoms in total. The first-order chi connectivity index (χ1) is 9.79. The lowest BCUT2D eigenvalue weighted by Gasteiger charge is -2.10. The van der Waals surface area contributed by atoms with Crippen molar-refractivity contribution in [2.24, 2.45) is 5.73 Å². The molecule has 2 rings (SSSR count). The highest BCUT2D eigenvalue weighted by Gasteiger charge is 2.00. The largest absolute Gasteiger partial charge is 0.490 e. The molecule has 0 saturated carbocycles. The van der Waals surface area contributed by atoms with E-state index in [4.69, 9.17) is 26.8 Å². The molecule has 2 N–H and O–H groups in total. The highest BCUT2D eigenvalue weighted by molar-refractivity contribution is 6.32. The summed E-state index contributed by atoms with van der Waals surface area (Å²) >= 11 is 6.00. The van der Waals surface area contributed by atoms with Crippen molar-refractivity contribution in [2.75, 3.05) is 19.8 Å². The summed E-state index contributed by atoms with van der Waals surface area (Å²) in [5, 5.41) is 0.609. The Morgan fingerprint density at radius 1 is 0.950 bits per heavy atom. The van der Waals surface area contributed by atoms with Crippen molar-refractivity contribution in [2.45, 2.75) is 6.42 Å². The Hall–Kier alpha value is -1.71. The lowest BCUT2D eigenvalue weighted by atomic mass is 10.1. The fourth-order valence-corrected chi connectivity index (χ4v) is 2.02. The Balaban J connectivity index is 1.78. The maximum absolute atomic E-state index is 6.00. The quantitative estimate of drug-likeness (QED) is 0.796. The molecule has 0 aliphatic heterocycles. The van der Waals surface area contributed by atoms with Crippen molar-refractivity contribution < 1.29 is 9.47 Å². The number of para-hydroxylation sites is 1. The van der Waals surface area contributed by atoms with Gasteiger partial charge in [-0.1, -0.05) is 35.9 Å². The summed E-state index contributed by atoms with van der Waals surface area (Å²) in [5.41, 5.74) is 6.72. The van der Waals surface area contributed by atoms with Crippen molar-refractivity contribution in [3.05, 3.63) is 59.1 Å². The van der Waals surface area contributed by atoms with Gasteiger partial charge in [-0.2, -0.15) is 0 Å². The minimum absolute atomic E-state index is 0.449. The molecule has 0 atom stereocenters. The van der Waals surface area contributed by atoms with Gasteiger partial charge < -0.3 is 15.2 Å². The Kier molecular flexibility index (Phi) is 5.71. The molecule has 2 aromatic carbocycles. The summed E-state index contributed by atoms with van der Waals surface area (Å²) in [6, 6.07) is 15.3. The lowest BCUT2D eigenvalue weighted by Crippen LogP contribution is -2.09. The topological polar surface area (TPSA) is 44.5 Å². The molecule has 0 heterocycles. The number of ether oxygens (including phenoxy) is 2. The molecule has 0 unspecified atom stereocenters. The molecule has 20 heavy (non-hydrogen) atoms. The van der Waals surface area contributed by atoms with Gasteiger partial charge >= 0.3 is 0 Å².